The summed E-state index contributed by atoms with van der Waals surface area (Å²) in [4.78, 5) is 24.1. The molecule has 0 heterocycles. The molecule has 1 unspecified atom stereocenters. The predicted octanol–water partition coefficient (Wildman–Crippen LogP) is 4.15. The minimum Gasteiger partial charge on any atom is -0.496 e. The fourth-order valence-electron chi connectivity index (χ4n) is 2.25. The normalized spacial score (nSPS) is 11.5. The zero-order valence-corrected chi connectivity index (χ0v) is 16.1. The molecule has 2 aromatic carbocycles. The van der Waals surface area contributed by atoms with Crippen LogP contribution in [0.25, 0.3) is 0 Å². The number of rotatable bonds is 6. The molecule has 0 spiro atoms. The molecule has 2 rings (SSSR count). The van der Waals surface area contributed by atoms with E-state index in [4.69, 9.17) is 21.1 Å². The minimum absolute atomic E-state index is 0.196. The fourth-order valence-corrected chi connectivity index (χ4v) is 2.80. The fraction of sp³-hybridized carbons (Fsp3) is 0.222. The van der Waals surface area contributed by atoms with E-state index in [1.807, 2.05) is 31.2 Å². The van der Waals surface area contributed by atoms with Crippen LogP contribution in [0.15, 0.2) is 46.9 Å². The van der Waals surface area contributed by atoms with E-state index in [1.54, 1.807) is 25.3 Å². The maximum atomic E-state index is 12.1. The predicted molar refractivity (Wildman–Crippen MR) is 99.0 cm³/mol. The van der Waals surface area contributed by atoms with Gasteiger partial charge in [-0.3, -0.25) is 4.79 Å². The van der Waals surface area contributed by atoms with E-state index in [2.05, 4.69) is 21.2 Å². The van der Waals surface area contributed by atoms with Gasteiger partial charge < -0.3 is 14.8 Å². The largest absolute Gasteiger partial charge is 0.496 e. The number of halogens is 2. The van der Waals surface area contributed by atoms with Crippen LogP contribution in [-0.2, 0) is 9.53 Å². The number of nitrogens with one attached hydrogen (secondary N) is 1. The van der Waals surface area contributed by atoms with Gasteiger partial charge in [0.25, 0.3) is 5.91 Å². The molecule has 1 N–H and O–H groups in total. The lowest BCUT2D eigenvalue weighted by Gasteiger charge is -2.17. The topological polar surface area (TPSA) is 64.6 Å². The Bertz CT molecular complexity index is 781. The molecule has 2 aromatic rings. The van der Waals surface area contributed by atoms with Gasteiger partial charge in [-0.05, 0) is 31.2 Å². The number of carbonyl (C=O) groups excluding carboxylic acids is 2. The van der Waals surface area contributed by atoms with Crippen molar-refractivity contribution in [2.24, 2.45) is 0 Å². The van der Waals surface area contributed by atoms with Gasteiger partial charge in [0.05, 0.1) is 23.7 Å². The number of carbonyl (C=O) groups is 2. The standard InChI is InChI=1S/C18H17BrClNO4/c1-11(13-5-3-4-6-16(13)24-2)21-17(22)10-25-18(23)14-9-12(19)7-8-15(14)20/h3-9,11H,10H2,1-2H3,(H,21,22). The molecule has 0 fully saturated rings. The Kier molecular flexibility index (Phi) is 6.84. The van der Waals surface area contributed by atoms with Crippen LogP contribution in [0.4, 0.5) is 0 Å². The quantitative estimate of drug-likeness (QED) is 0.705. The zero-order valence-electron chi connectivity index (χ0n) is 13.7. The molecule has 5 nitrogen and oxygen atoms in total. The van der Waals surface area contributed by atoms with Gasteiger partial charge in [0, 0.05) is 10.0 Å². The van der Waals surface area contributed by atoms with Crippen LogP contribution in [0.3, 0.4) is 0 Å². The lowest BCUT2D eigenvalue weighted by molar-refractivity contribution is -0.124. The van der Waals surface area contributed by atoms with Gasteiger partial charge in [0.15, 0.2) is 6.61 Å². The van der Waals surface area contributed by atoms with E-state index < -0.39 is 18.5 Å². The Morgan fingerprint density at radius 1 is 1.24 bits per heavy atom. The number of esters is 1. The minimum atomic E-state index is -0.661. The van der Waals surface area contributed by atoms with Crippen molar-refractivity contribution in [3.63, 3.8) is 0 Å². The third-order valence-corrected chi connectivity index (χ3v) is 4.29. The monoisotopic (exact) mass is 425 g/mol. The van der Waals surface area contributed by atoms with Crippen molar-refractivity contribution >= 4 is 39.4 Å². The van der Waals surface area contributed by atoms with Gasteiger partial charge in [0.2, 0.25) is 0 Å². The zero-order chi connectivity index (χ0) is 18.4. The molecule has 132 valence electrons. The van der Waals surface area contributed by atoms with Crippen molar-refractivity contribution in [1.29, 1.82) is 0 Å². The summed E-state index contributed by atoms with van der Waals surface area (Å²) in [6.07, 6.45) is 0. The summed E-state index contributed by atoms with van der Waals surface area (Å²) in [6.45, 7) is 1.42. The summed E-state index contributed by atoms with van der Waals surface area (Å²) >= 11 is 9.23. The first-order chi connectivity index (χ1) is 11.9. The maximum Gasteiger partial charge on any atom is 0.340 e. The summed E-state index contributed by atoms with van der Waals surface area (Å²) in [6, 6.07) is 11.9. The Hall–Kier alpha value is -2.05. The molecule has 0 aliphatic carbocycles. The third kappa shape index (κ3) is 5.21. The average Bonchev–Trinajstić information content (AvgIpc) is 2.61. The second-order valence-electron chi connectivity index (χ2n) is 5.23. The number of ether oxygens (including phenoxy) is 2. The van der Waals surface area contributed by atoms with Gasteiger partial charge in [-0.1, -0.05) is 45.7 Å². The van der Waals surface area contributed by atoms with Crippen molar-refractivity contribution in [3.05, 3.63) is 63.1 Å². The van der Waals surface area contributed by atoms with Crippen molar-refractivity contribution in [1.82, 2.24) is 5.32 Å². The van der Waals surface area contributed by atoms with Crippen LogP contribution >= 0.6 is 27.5 Å². The molecular weight excluding hydrogens is 410 g/mol. The molecule has 0 radical (unpaired) electrons. The first-order valence-corrected chi connectivity index (χ1v) is 8.64. The van der Waals surface area contributed by atoms with E-state index in [0.29, 0.717) is 10.2 Å². The molecule has 0 aromatic heterocycles. The number of amides is 1. The van der Waals surface area contributed by atoms with Crippen LogP contribution in [0.5, 0.6) is 5.75 Å². The van der Waals surface area contributed by atoms with Gasteiger partial charge >= 0.3 is 5.97 Å². The van der Waals surface area contributed by atoms with Crippen LogP contribution in [0.1, 0.15) is 28.9 Å². The van der Waals surface area contributed by atoms with E-state index in [9.17, 15) is 9.59 Å². The average molecular weight is 427 g/mol. The first kappa shape index (κ1) is 19.3. The Morgan fingerprint density at radius 2 is 1.96 bits per heavy atom. The molecule has 1 amide bonds. The molecule has 25 heavy (non-hydrogen) atoms. The highest BCUT2D eigenvalue weighted by Crippen LogP contribution is 2.24. The summed E-state index contributed by atoms with van der Waals surface area (Å²) in [7, 11) is 1.57. The van der Waals surface area contributed by atoms with Crippen molar-refractivity contribution in [2.75, 3.05) is 13.7 Å². The SMILES string of the molecule is COc1ccccc1C(C)NC(=O)COC(=O)c1cc(Br)ccc1Cl. The first-order valence-electron chi connectivity index (χ1n) is 7.47. The van der Waals surface area contributed by atoms with Crippen LogP contribution in [0, 0.1) is 0 Å². The molecule has 0 bridgehead atoms. The number of hydrogen-bond acceptors (Lipinski definition) is 4. The lowest BCUT2D eigenvalue weighted by atomic mass is 10.1. The second kappa shape index (κ2) is 8.87. The maximum absolute atomic E-state index is 12.1. The summed E-state index contributed by atoms with van der Waals surface area (Å²) < 4.78 is 11.0. The Labute approximate surface area is 159 Å². The molecule has 0 saturated carbocycles. The number of methoxy groups -OCH3 is 1. The molecular formula is C18H17BrClNO4. The molecule has 0 aliphatic rings. The van der Waals surface area contributed by atoms with E-state index in [1.165, 1.54) is 0 Å². The van der Waals surface area contributed by atoms with Gasteiger partial charge in [-0.25, -0.2) is 4.79 Å². The van der Waals surface area contributed by atoms with E-state index >= 15 is 0 Å². The van der Waals surface area contributed by atoms with E-state index in [-0.39, 0.29) is 16.6 Å². The van der Waals surface area contributed by atoms with Crippen LogP contribution in [-0.4, -0.2) is 25.6 Å². The number of benzene rings is 2. The van der Waals surface area contributed by atoms with Crippen molar-refractivity contribution in [3.8, 4) is 5.75 Å². The molecule has 7 heteroatoms. The highest BCUT2D eigenvalue weighted by atomic mass is 79.9. The number of hydrogen-bond donors (Lipinski definition) is 1. The highest BCUT2D eigenvalue weighted by molar-refractivity contribution is 9.10. The molecule has 0 saturated heterocycles. The number of para-hydroxylation sites is 1. The van der Waals surface area contributed by atoms with Gasteiger partial charge in [-0.2, -0.15) is 0 Å². The second-order valence-corrected chi connectivity index (χ2v) is 6.55. The molecule has 1 atom stereocenters. The Balaban J connectivity index is 1.94. The lowest BCUT2D eigenvalue weighted by Crippen LogP contribution is -2.31. The van der Waals surface area contributed by atoms with E-state index in [0.717, 1.165) is 5.56 Å². The highest BCUT2D eigenvalue weighted by Gasteiger charge is 2.17. The Morgan fingerprint density at radius 3 is 2.68 bits per heavy atom. The third-order valence-electron chi connectivity index (χ3n) is 3.47. The summed E-state index contributed by atoms with van der Waals surface area (Å²) in [5.41, 5.74) is 1.03. The van der Waals surface area contributed by atoms with Crippen LogP contribution < -0.4 is 10.1 Å². The van der Waals surface area contributed by atoms with Crippen molar-refractivity contribution < 1.29 is 19.1 Å². The van der Waals surface area contributed by atoms with Crippen LogP contribution in [0.2, 0.25) is 5.02 Å². The van der Waals surface area contributed by atoms with Gasteiger partial charge in [0.1, 0.15) is 5.75 Å². The smallest absolute Gasteiger partial charge is 0.340 e. The summed E-state index contributed by atoms with van der Waals surface area (Å²) in [5.74, 6) is -0.405. The molecule has 0 aliphatic heterocycles. The van der Waals surface area contributed by atoms with Crippen molar-refractivity contribution in [2.45, 2.75) is 13.0 Å². The van der Waals surface area contributed by atoms with Gasteiger partial charge in [-0.15, -0.1) is 0 Å². The summed E-state index contributed by atoms with van der Waals surface area (Å²) in [5, 5.41) is 3.03.